The normalized spacial score (nSPS) is 12.1. The van der Waals surface area contributed by atoms with Crippen LogP contribution in [0.25, 0.3) is 0 Å². The van der Waals surface area contributed by atoms with E-state index in [0.717, 1.165) is 41.9 Å². The molecule has 38 heavy (non-hydrogen) atoms. The molecule has 1 aromatic heterocycles. The zero-order valence-electron chi connectivity index (χ0n) is 22.5. The van der Waals surface area contributed by atoms with Crippen LogP contribution in [0.1, 0.15) is 63.2 Å². The van der Waals surface area contributed by atoms with Crippen molar-refractivity contribution in [2.75, 3.05) is 5.32 Å². The molecule has 9 nitrogen and oxygen atoms in total. The molecule has 0 fully saturated rings. The highest BCUT2D eigenvalue weighted by Gasteiger charge is 2.25. The maximum absolute atomic E-state index is 13.2. The molecule has 9 heteroatoms. The minimum atomic E-state index is -0.895. The van der Waals surface area contributed by atoms with Crippen LogP contribution in [0.3, 0.4) is 0 Å². The standard InChI is InChI=1S/C29H38N4O5/c1-5-6-7-26-30-17-23(19-34)33(26)18-21-8-12-22(13-9-21)31-27(36)25(32-28(37)38-29(2,3)4)16-20-10-14-24(35)15-11-20/h8-15,17,25,34-35H,5-7,16,18-19H2,1-4H3,(H,31,36)(H,32,37)/t25-/m0/s1. The zero-order chi connectivity index (χ0) is 27.7. The van der Waals surface area contributed by atoms with E-state index in [2.05, 4.69) is 22.5 Å². The van der Waals surface area contributed by atoms with Crippen LogP contribution in [-0.4, -0.2) is 43.4 Å². The van der Waals surface area contributed by atoms with Crippen molar-refractivity contribution < 1.29 is 24.5 Å². The van der Waals surface area contributed by atoms with Gasteiger partial charge in [-0.2, -0.15) is 0 Å². The summed E-state index contributed by atoms with van der Waals surface area (Å²) in [4.78, 5) is 30.1. The summed E-state index contributed by atoms with van der Waals surface area (Å²) < 4.78 is 7.38. The average Bonchev–Trinajstić information content (AvgIpc) is 3.24. The third kappa shape index (κ3) is 8.62. The molecule has 0 spiro atoms. The van der Waals surface area contributed by atoms with Gasteiger partial charge < -0.3 is 30.2 Å². The summed E-state index contributed by atoms with van der Waals surface area (Å²) in [6, 6.07) is 13.0. The number of aromatic nitrogens is 2. The monoisotopic (exact) mass is 522 g/mol. The SMILES string of the molecule is CCCCc1ncc(CO)n1Cc1ccc(NC(=O)[C@H](Cc2ccc(O)cc2)NC(=O)OC(C)(C)C)cc1. The molecule has 0 saturated carbocycles. The molecule has 4 N–H and O–H groups in total. The summed E-state index contributed by atoms with van der Waals surface area (Å²) in [5, 5.41) is 24.8. The molecule has 0 bridgehead atoms. The molecule has 0 aliphatic carbocycles. The van der Waals surface area contributed by atoms with Crippen LogP contribution in [-0.2, 0) is 35.5 Å². The number of alkyl carbamates (subject to hydrolysis) is 1. The number of hydrogen-bond donors (Lipinski definition) is 4. The van der Waals surface area contributed by atoms with E-state index in [-0.39, 0.29) is 18.8 Å². The van der Waals surface area contributed by atoms with E-state index >= 15 is 0 Å². The summed E-state index contributed by atoms with van der Waals surface area (Å²) in [6.45, 7) is 7.87. The molecule has 0 aliphatic heterocycles. The predicted octanol–water partition coefficient (Wildman–Crippen LogP) is 4.55. The Hall–Kier alpha value is -3.85. The lowest BCUT2D eigenvalue weighted by atomic mass is 10.0. The Morgan fingerprint density at radius 3 is 2.32 bits per heavy atom. The van der Waals surface area contributed by atoms with Crippen molar-refractivity contribution in [1.82, 2.24) is 14.9 Å². The summed E-state index contributed by atoms with van der Waals surface area (Å²) in [5.74, 6) is 0.670. The summed E-state index contributed by atoms with van der Waals surface area (Å²) >= 11 is 0. The number of phenols is 1. The van der Waals surface area contributed by atoms with Crippen molar-refractivity contribution in [1.29, 1.82) is 0 Å². The van der Waals surface area contributed by atoms with Gasteiger partial charge in [-0.15, -0.1) is 0 Å². The Balaban J connectivity index is 1.71. The molecule has 0 aliphatic rings. The molecule has 0 unspecified atom stereocenters. The highest BCUT2D eigenvalue weighted by molar-refractivity contribution is 5.96. The van der Waals surface area contributed by atoms with E-state index in [1.54, 1.807) is 51.2 Å². The molecule has 3 rings (SSSR count). The number of benzene rings is 2. The van der Waals surface area contributed by atoms with Crippen molar-refractivity contribution in [3.05, 3.63) is 77.4 Å². The number of aliphatic hydroxyl groups excluding tert-OH is 1. The van der Waals surface area contributed by atoms with Crippen molar-refractivity contribution >= 4 is 17.7 Å². The highest BCUT2D eigenvalue weighted by atomic mass is 16.6. The molecular formula is C29H38N4O5. The minimum absolute atomic E-state index is 0.0830. The van der Waals surface area contributed by atoms with Crippen LogP contribution in [0, 0.1) is 0 Å². The fourth-order valence-electron chi connectivity index (χ4n) is 3.94. The van der Waals surface area contributed by atoms with Gasteiger partial charge in [0.15, 0.2) is 0 Å². The number of amides is 2. The Kier molecular flexibility index (Phi) is 9.90. The van der Waals surface area contributed by atoms with Crippen molar-refractivity contribution in [2.45, 2.75) is 78.2 Å². The van der Waals surface area contributed by atoms with Crippen molar-refractivity contribution in [3.63, 3.8) is 0 Å². The summed E-state index contributed by atoms with van der Waals surface area (Å²) in [7, 11) is 0. The van der Waals surface area contributed by atoms with Crippen LogP contribution >= 0.6 is 0 Å². The maximum Gasteiger partial charge on any atom is 0.408 e. The second kappa shape index (κ2) is 13.1. The van der Waals surface area contributed by atoms with Gasteiger partial charge in [-0.1, -0.05) is 37.6 Å². The first-order chi connectivity index (χ1) is 18.1. The molecule has 204 valence electrons. The first kappa shape index (κ1) is 28.7. The van der Waals surface area contributed by atoms with Gasteiger partial charge in [0.05, 0.1) is 18.5 Å². The third-order valence-electron chi connectivity index (χ3n) is 5.88. The fraction of sp³-hybridized carbons (Fsp3) is 0.414. The molecule has 0 saturated heterocycles. The second-order valence-corrected chi connectivity index (χ2v) is 10.3. The molecule has 0 radical (unpaired) electrons. The number of carbonyl (C=O) groups is 2. The first-order valence-electron chi connectivity index (χ1n) is 12.9. The molecule has 2 amide bonds. The van der Waals surface area contributed by atoms with E-state index < -0.39 is 23.6 Å². The van der Waals surface area contributed by atoms with Crippen molar-refractivity contribution in [3.8, 4) is 5.75 Å². The number of anilines is 1. The van der Waals surface area contributed by atoms with Crippen LogP contribution < -0.4 is 10.6 Å². The molecule has 1 atom stereocenters. The number of aliphatic hydroxyl groups is 1. The van der Waals surface area contributed by atoms with Crippen LogP contribution in [0.2, 0.25) is 0 Å². The van der Waals surface area contributed by atoms with E-state index in [0.29, 0.717) is 12.2 Å². The van der Waals surface area contributed by atoms with Gasteiger partial charge >= 0.3 is 6.09 Å². The van der Waals surface area contributed by atoms with E-state index in [1.165, 1.54) is 12.1 Å². The number of nitrogens with zero attached hydrogens (tertiary/aromatic N) is 2. The number of nitrogens with one attached hydrogen (secondary N) is 2. The van der Waals surface area contributed by atoms with E-state index in [4.69, 9.17) is 4.74 Å². The Bertz CT molecular complexity index is 1200. The number of ether oxygens (including phenoxy) is 1. The quantitative estimate of drug-likeness (QED) is 0.293. The van der Waals surface area contributed by atoms with E-state index in [1.807, 2.05) is 16.7 Å². The Morgan fingerprint density at radius 1 is 1.05 bits per heavy atom. The van der Waals surface area contributed by atoms with Gasteiger partial charge in [-0.3, -0.25) is 4.79 Å². The molecule has 1 heterocycles. The predicted molar refractivity (Wildman–Crippen MR) is 146 cm³/mol. The average molecular weight is 523 g/mol. The number of carbonyl (C=O) groups excluding carboxylic acids is 2. The summed E-state index contributed by atoms with van der Waals surface area (Å²) in [5.41, 5.74) is 2.41. The smallest absolute Gasteiger partial charge is 0.408 e. The van der Waals surface area contributed by atoms with Gasteiger partial charge in [0.2, 0.25) is 5.91 Å². The summed E-state index contributed by atoms with van der Waals surface area (Å²) in [6.07, 6.45) is 4.17. The van der Waals surface area contributed by atoms with Crippen LogP contribution in [0.4, 0.5) is 10.5 Å². The fourth-order valence-corrected chi connectivity index (χ4v) is 3.94. The lowest BCUT2D eigenvalue weighted by Gasteiger charge is -2.23. The topological polar surface area (TPSA) is 126 Å². The van der Waals surface area contributed by atoms with Gasteiger partial charge in [0.1, 0.15) is 23.2 Å². The van der Waals surface area contributed by atoms with Gasteiger partial charge in [0.25, 0.3) is 0 Å². The van der Waals surface area contributed by atoms with Crippen molar-refractivity contribution in [2.24, 2.45) is 0 Å². The molecule has 3 aromatic rings. The maximum atomic E-state index is 13.2. The van der Waals surface area contributed by atoms with Crippen LogP contribution in [0.5, 0.6) is 5.75 Å². The number of imidazole rings is 1. The largest absolute Gasteiger partial charge is 0.508 e. The second-order valence-electron chi connectivity index (χ2n) is 10.3. The first-order valence-corrected chi connectivity index (χ1v) is 12.9. The number of aromatic hydroxyl groups is 1. The lowest BCUT2D eigenvalue weighted by molar-refractivity contribution is -0.118. The zero-order valence-corrected chi connectivity index (χ0v) is 22.5. The third-order valence-corrected chi connectivity index (χ3v) is 5.88. The van der Waals surface area contributed by atoms with Gasteiger partial charge in [0, 0.05) is 25.1 Å². The number of unbranched alkanes of at least 4 members (excludes halogenated alkanes) is 1. The van der Waals surface area contributed by atoms with Gasteiger partial charge in [-0.25, -0.2) is 9.78 Å². The number of aryl methyl sites for hydroxylation is 1. The minimum Gasteiger partial charge on any atom is -0.508 e. The Morgan fingerprint density at radius 2 is 1.71 bits per heavy atom. The van der Waals surface area contributed by atoms with Gasteiger partial charge in [-0.05, 0) is 62.6 Å². The molecule has 2 aromatic carbocycles. The number of hydrogen-bond acceptors (Lipinski definition) is 6. The number of rotatable bonds is 11. The molecular weight excluding hydrogens is 484 g/mol. The van der Waals surface area contributed by atoms with Crippen LogP contribution in [0.15, 0.2) is 54.7 Å². The Labute approximate surface area is 223 Å². The van der Waals surface area contributed by atoms with E-state index in [9.17, 15) is 19.8 Å². The highest BCUT2D eigenvalue weighted by Crippen LogP contribution is 2.17. The number of phenolic OH excluding ortho intramolecular Hbond substituents is 1. The lowest BCUT2D eigenvalue weighted by Crippen LogP contribution is -2.47.